The van der Waals surface area contributed by atoms with E-state index in [-0.39, 0.29) is 17.4 Å². The number of benzene rings is 4. The largest absolute Gasteiger partial charge is 0.485 e. The van der Waals surface area contributed by atoms with E-state index in [0.717, 1.165) is 5.75 Å². The van der Waals surface area contributed by atoms with Gasteiger partial charge >= 0.3 is 0 Å². The SMILES string of the molecule is CC1(C)C2=Cc3ccc4cccc5c4c3C(C=C5)C2Oc2ccc3ccccc3c21. The zero-order valence-electron chi connectivity index (χ0n) is 17.1. The molecule has 4 aromatic rings. The summed E-state index contributed by atoms with van der Waals surface area (Å²) >= 11 is 0. The lowest BCUT2D eigenvalue weighted by atomic mass is 9.64. The first-order valence-electron chi connectivity index (χ1n) is 10.8. The number of ether oxygens (including phenoxy) is 1. The molecule has 2 atom stereocenters. The fourth-order valence-electron chi connectivity index (χ4n) is 6.02. The Hall–Kier alpha value is -3.32. The molecule has 0 saturated heterocycles. The number of hydrogen-bond donors (Lipinski definition) is 0. The first-order valence-corrected chi connectivity index (χ1v) is 10.8. The number of hydrogen-bond acceptors (Lipinski definition) is 1. The molecule has 7 rings (SSSR count). The van der Waals surface area contributed by atoms with Crippen molar-refractivity contribution in [2.24, 2.45) is 0 Å². The maximum atomic E-state index is 6.80. The second-order valence-electron chi connectivity index (χ2n) is 9.32. The van der Waals surface area contributed by atoms with Gasteiger partial charge < -0.3 is 4.74 Å². The van der Waals surface area contributed by atoms with Gasteiger partial charge in [0.1, 0.15) is 11.9 Å². The Morgan fingerprint density at radius 2 is 1.63 bits per heavy atom. The lowest BCUT2D eigenvalue weighted by molar-refractivity contribution is 0.182. The van der Waals surface area contributed by atoms with Crippen molar-refractivity contribution in [3.8, 4) is 5.75 Å². The summed E-state index contributed by atoms with van der Waals surface area (Å²) in [6.45, 7) is 4.73. The highest BCUT2D eigenvalue weighted by molar-refractivity contribution is 5.99. The predicted molar refractivity (Wildman–Crippen MR) is 125 cm³/mol. The maximum Gasteiger partial charge on any atom is 0.131 e. The molecule has 0 amide bonds. The molecule has 1 heteroatoms. The molecule has 1 aliphatic heterocycles. The Balaban J connectivity index is 1.54. The second-order valence-corrected chi connectivity index (χ2v) is 9.32. The van der Waals surface area contributed by atoms with Crippen LogP contribution in [-0.4, -0.2) is 6.10 Å². The van der Waals surface area contributed by atoms with E-state index in [4.69, 9.17) is 4.74 Å². The van der Waals surface area contributed by atoms with E-state index in [2.05, 4.69) is 98.8 Å². The van der Waals surface area contributed by atoms with Crippen molar-refractivity contribution in [2.75, 3.05) is 0 Å². The van der Waals surface area contributed by atoms with Crippen molar-refractivity contribution in [2.45, 2.75) is 31.3 Å². The molecule has 30 heavy (non-hydrogen) atoms. The Kier molecular flexibility index (Phi) is 2.98. The van der Waals surface area contributed by atoms with Gasteiger partial charge in [-0.1, -0.05) is 92.7 Å². The quantitative estimate of drug-likeness (QED) is 0.309. The van der Waals surface area contributed by atoms with Crippen LogP contribution in [0, 0.1) is 0 Å². The van der Waals surface area contributed by atoms with Crippen LogP contribution in [0.1, 0.15) is 42.0 Å². The average molecular weight is 386 g/mol. The van der Waals surface area contributed by atoms with Gasteiger partial charge in [0.15, 0.2) is 0 Å². The van der Waals surface area contributed by atoms with E-state index in [9.17, 15) is 0 Å². The molecule has 1 heterocycles. The third-order valence-electron chi connectivity index (χ3n) is 7.40. The smallest absolute Gasteiger partial charge is 0.131 e. The van der Waals surface area contributed by atoms with Crippen molar-refractivity contribution in [1.29, 1.82) is 0 Å². The third kappa shape index (κ3) is 1.93. The molecule has 2 aliphatic carbocycles. The van der Waals surface area contributed by atoms with Gasteiger partial charge in [0.05, 0.1) is 0 Å². The zero-order valence-corrected chi connectivity index (χ0v) is 17.1. The summed E-state index contributed by atoms with van der Waals surface area (Å²) in [5.41, 5.74) is 6.69. The van der Waals surface area contributed by atoms with Gasteiger partial charge in [0.2, 0.25) is 0 Å². The average Bonchev–Trinajstić information content (AvgIpc) is 2.77. The molecule has 0 fully saturated rings. The van der Waals surface area contributed by atoms with Crippen molar-refractivity contribution in [3.63, 3.8) is 0 Å². The second kappa shape index (κ2) is 5.43. The van der Waals surface area contributed by atoms with E-state index in [1.165, 1.54) is 49.4 Å². The van der Waals surface area contributed by atoms with E-state index in [0.29, 0.717) is 0 Å². The van der Waals surface area contributed by atoms with Crippen LogP contribution in [0.3, 0.4) is 0 Å². The van der Waals surface area contributed by atoms with Crippen LogP contribution in [0.5, 0.6) is 5.75 Å². The highest BCUT2D eigenvalue weighted by Gasteiger charge is 2.46. The number of fused-ring (bicyclic) bond motifs is 5. The summed E-state index contributed by atoms with van der Waals surface area (Å²) in [5.74, 6) is 1.28. The van der Waals surface area contributed by atoms with E-state index < -0.39 is 0 Å². The van der Waals surface area contributed by atoms with E-state index in [1.807, 2.05) is 0 Å². The van der Waals surface area contributed by atoms with Crippen LogP contribution in [0.15, 0.2) is 78.4 Å². The summed E-state index contributed by atoms with van der Waals surface area (Å²) in [7, 11) is 0. The molecule has 2 unspecified atom stereocenters. The monoisotopic (exact) mass is 386 g/mol. The lowest BCUT2D eigenvalue weighted by Gasteiger charge is -2.46. The van der Waals surface area contributed by atoms with Crippen LogP contribution >= 0.6 is 0 Å². The van der Waals surface area contributed by atoms with Gasteiger partial charge in [-0.2, -0.15) is 0 Å². The van der Waals surface area contributed by atoms with Crippen molar-refractivity contribution in [1.82, 2.24) is 0 Å². The van der Waals surface area contributed by atoms with Gasteiger partial charge in [-0.15, -0.1) is 0 Å². The molecule has 0 spiro atoms. The minimum atomic E-state index is -0.101. The summed E-state index contributed by atoms with van der Waals surface area (Å²) in [5, 5.41) is 5.28. The molecule has 0 saturated carbocycles. The van der Waals surface area contributed by atoms with Crippen LogP contribution in [0.4, 0.5) is 0 Å². The summed E-state index contributed by atoms with van der Waals surface area (Å²) < 4.78 is 6.80. The zero-order chi connectivity index (χ0) is 20.0. The Morgan fingerprint density at radius 1 is 0.800 bits per heavy atom. The molecular weight excluding hydrogens is 364 g/mol. The molecular formula is C29H22O. The van der Waals surface area contributed by atoms with E-state index >= 15 is 0 Å². The molecule has 144 valence electrons. The van der Waals surface area contributed by atoms with Gasteiger partial charge in [0, 0.05) is 16.9 Å². The maximum absolute atomic E-state index is 6.80. The molecule has 1 nitrogen and oxygen atoms in total. The molecule has 3 aliphatic rings. The summed E-state index contributed by atoms with van der Waals surface area (Å²) in [6, 6.07) is 24.2. The first-order chi connectivity index (χ1) is 14.6. The molecule has 0 N–H and O–H groups in total. The standard InChI is InChI=1S/C29H22O/c1-29(2)23-16-20-11-10-18-7-5-8-19-12-14-22(26(20)25(18)19)28(23)30-24-15-13-17-6-3-4-9-21(17)27(24)29/h3-16,22,28H,1-2H3. The van der Waals surface area contributed by atoms with Gasteiger partial charge in [-0.3, -0.25) is 0 Å². The van der Waals surface area contributed by atoms with Gasteiger partial charge in [-0.25, -0.2) is 0 Å². The number of rotatable bonds is 0. The van der Waals surface area contributed by atoms with Crippen LogP contribution in [-0.2, 0) is 5.41 Å². The topological polar surface area (TPSA) is 9.23 Å². The highest BCUT2D eigenvalue weighted by atomic mass is 16.5. The van der Waals surface area contributed by atoms with Crippen LogP contribution in [0.25, 0.3) is 33.7 Å². The first kappa shape index (κ1) is 16.5. The predicted octanol–water partition coefficient (Wildman–Crippen LogP) is 7.24. The van der Waals surface area contributed by atoms with Gasteiger partial charge in [0.25, 0.3) is 0 Å². The normalized spacial score (nSPS) is 22.3. The Morgan fingerprint density at radius 3 is 2.57 bits per heavy atom. The summed E-state index contributed by atoms with van der Waals surface area (Å²) in [4.78, 5) is 0. The Labute approximate surface area is 176 Å². The lowest BCUT2D eigenvalue weighted by Crippen LogP contribution is -2.42. The Bertz CT molecular complexity index is 1450. The molecule has 0 radical (unpaired) electrons. The van der Waals surface area contributed by atoms with Crippen molar-refractivity contribution < 1.29 is 4.74 Å². The third-order valence-corrected chi connectivity index (χ3v) is 7.40. The molecule has 4 aromatic carbocycles. The highest BCUT2D eigenvalue weighted by Crippen LogP contribution is 2.55. The van der Waals surface area contributed by atoms with Crippen molar-refractivity contribution in [3.05, 3.63) is 101 Å². The van der Waals surface area contributed by atoms with Crippen molar-refractivity contribution >= 4 is 33.7 Å². The fraction of sp³-hybridized carbons (Fsp3) is 0.172. The minimum Gasteiger partial charge on any atom is -0.485 e. The van der Waals surface area contributed by atoms with Gasteiger partial charge in [-0.05, 0) is 49.9 Å². The van der Waals surface area contributed by atoms with E-state index in [1.54, 1.807) is 0 Å². The molecule has 0 aromatic heterocycles. The van der Waals surface area contributed by atoms with Crippen LogP contribution in [0.2, 0.25) is 0 Å². The molecule has 0 bridgehead atoms. The van der Waals surface area contributed by atoms with Crippen LogP contribution < -0.4 is 4.74 Å². The fourth-order valence-corrected chi connectivity index (χ4v) is 6.02. The minimum absolute atomic E-state index is 0.0383. The summed E-state index contributed by atoms with van der Waals surface area (Å²) in [6.07, 6.45) is 7.10.